The maximum absolute atomic E-state index is 2.73. The van der Waals surface area contributed by atoms with Gasteiger partial charge >= 0.3 is 0 Å². The second kappa shape index (κ2) is 8.37. The van der Waals surface area contributed by atoms with E-state index in [1.807, 2.05) is 0 Å². The number of hydrogen-bond acceptors (Lipinski definition) is 2. The van der Waals surface area contributed by atoms with E-state index in [4.69, 9.17) is 0 Å². The van der Waals surface area contributed by atoms with Crippen LogP contribution in [0.5, 0.6) is 0 Å². The molecule has 0 N–H and O–H groups in total. The molecule has 2 fully saturated rings. The standard InChI is InChI=1S/C24H32N2/c1-20-12-14-25(15-13-20)17-23-18-26(16-21-8-4-2-5-9-21)19-24(23)22-10-6-3-7-11-22/h2-11,20,23-24H,12-19H2,1H3. The zero-order valence-electron chi connectivity index (χ0n) is 16.1. The summed E-state index contributed by atoms with van der Waals surface area (Å²) in [7, 11) is 0. The van der Waals surface area contributed by atoms with Crippen molar-refractivity contribution in [3.05, 3.63) is 71.8 Å². The summed E-state index contributed by atoms with van der Waals surface area (Å²) in [5.74, 6) is 2.32. The van der Waals surface area contributed by atoms with E-state index in [2.05, 4.69) is 77.4 Å². The van der Waals surface area contributed by atoms with Crippen LogP contribution in [-0.4, -0.2) is 42.5 Å². The summed E-state index contributed by atoms with van der Waals surface area (Å²) >= 11 is 0. The fourth-order valence-electron chi connectivity index (χ4n) is 4.77. The van der Waals surface area contributed by atoms with Crippen LogP contribution >= 0.6 is 0 Å². The van der Waals surface area contributed by atoms with Gasteiger partial charge < -0.3 is 4.90 Å². The molecule has 2 heterocycles. The van der Waals surface area contributed by atoms with Crippen molar-refractivity contribution in [1.29, 1.82) is 0 Å². The highest BCUT2D eigenvalue weighted by atomic mass is 15.2. The molecule has 2 saturated heterocycles. The molecule has 2 atom stereocenters. The van der Waals surface area contributed by atoms with Crippen molar-refractivity contribution in [3.8, 4) is 0 Å². The third-order valence-electron chi connectivity index (χ3n) is 6.36. The monoisotopic (exact) mass is 348 g/mol. The van der Waals surface area contributed by atoms with Crippen LogP contribution in [-0.2, 0) is 6.54 Å². The average Bonchev–Trinajstić information content (AvgIpc) is 3.07. The van der Waals surface area contributed by atoms with E-state index in [-0.39, 0.29) is 0 Å². The Morgan fingerprint density at radius 1 is 0.808 bits per heavy atom. The number of hydrogen-bond donors (Lipinski definition) is 0. The van der Waals surface area contributed by atoms with Gasteiger partial charge in [0.2, 0.25) is 0 Å². The van der Waals surface area contributed by atoms with Gasteiger partial charge in [0.15, 0.2) is 0 Å². The van der Waals surface area contributed by atoms with Gasteiger partial charge in [-0.05, 0) is 48.9 Å². The molecule has 0 amide bonds. The Morgan fingerprint density at radius 2 is 1.46 bits per heavy atom. The van der Waals surface area contributed by atoms with E-state index in [1.165, 1.54) is 56.7 Å². The predicted octanol–water partition coefficient (Wildman–Crippen LogP) is 4.63. The van der Waals surface area contributed by atoms with Gasteiger partial charge in [0.05, 0.1) is 0 Å². The molecule has 2 aliphatic heterocycles. The summed E-state index contributed by atoms with van der Waals surface area (Å²) in [4.78, 5) is 5.40. The van der Waals surface area contributed by atoms with Crippen LogP contribution in [0, 0.1) is 11.8 Å². The van der Waals surface area contributed by atoms with Gasteiger partial charge in [-0.1, -0.05) is 67.6 Å². The lowest BCUT2D eigenvalue weighted by Crippen LogP contribution is -2.38. The molecule has 2 aliphatic rings. The second-order valence-corrected chi connectivity index (χ2v) is 8.44. The molecule has 0 aliphatic carbocycles. The Labute approximate surface area is 158 Å². The number of rotatable bonds is 5. The highest BCUT2D eigenvalue weighted by Gasteiger charge is 2.35. The molecule has 2 aromatic rings. The minimum Gasteiger partial charge on any atom is -0.303 e. The molecule has 0 aromatic heterocycles. The van der Waals surface area contributed by atoms with Crippen LogP contribution in [0.15, 0.2) is 60.7 Å². The van der Waals surface area contributed by atoms with Crippen molar-refractivity contribution in [1.82, 2.24) is 9.80 Å². The Hall–Kier alpha value is -1.64. The van der Waals surface area contributed by atoms with E-state index in [1.54, 1.807) is 0 Å². The molecule has 4 rings (SSSR count). The summed E-state index contributed by atoms with van der Waals surface area (Å²) in [5, 5.41) is 0. The molecular formula is C24H32N2. The van der Waals surface area contributed by atoms with Crippen LogP contribution < -0.4 is 0 Å². The minimum atomic E-state index is 0.666. The predicted molar refractivity (Wildman–Crippen MR) is 109 cm³/mol. The first-order valence-corrected chi connectivity index (χ1v) is 10.3. The van der Waals surface area contributed by atoms with Crippen molar-refractivity contribution in [2.75, 3.05) is 32.7 Å². The number of benzene rings is 2. The molecule has 26 heavy (non-hydrogen) atoms. The van der Waals surface area contributed by atoms with Crippen molar-refractivity contribution in [3.63, 3.8) is 0 Å². The zero-order chi connectivity index (χ0) is 17.8. The third kappa shape index (κ3) is 4.36. The van der Waals surface area contributed by atoms with E-state index in [9.17, 15) is 0 Å². The smallest absolute Gasteiger partial charge is 0.0234 e. The molecule has 2 heteroatoms. The molecule has 0 spiro atoms. The summed E-state index contributed by atoms with van der Waals surface area (Å²) in [6, 6.07) is 22.2. The maximum Gasteiger partial charge on any atom is 0.0234 e. The van der Waals surface area contributed by atoms with Crippen LogP contribution in [0.4, 0.5) is 0 Å². The highest BCUT2D eigenvalue weighted by Crippen LogP contribution is 2.34. The molecule has 2 aromatic carbocycles. The van der Waals surface area contributed by atoms with Gasteiger partial charge in [-0.25, -0.2) is 0 Å². The van der Waals surface area contributed by atoms with Gasteiger partial charge in [0.25, 0.3) is 0 Å². The average molecular weight is 349 g/mol. The first-order chi connectivity index (χ1) is 12.8. The fourth-order valence-corrected chi connectivity index (χ4v) is 4.77. The van der Waals surface area contributed by atoms with Crippen molar-refractivity contribution < 1.29 is 0 Å². The van der Waals surface area contributed by atoms with Crippen molar-refractivity contribution in [2.45, 2.75) is 32.2 Å². The number of piperidine rings is 1. The van der Waals surface area contributed by atoms with E-state index in [0.29, 0.717) is 5.92 Å². The molecule has 0 saturated carbocycles. The van der Waals surface area contributed by atoms with Crippen LogP contribution in [0.1, 0.15) is 36.8 Å². The van der Waals surface area contributed by atoms with Gasteiger partial charge in [-0.15, -0.1) is 0 Å². The summed E-state index contributed by atoms with van der Waals surface area (Å²) in [5.41, 5.74) is 2.96. The molecule has 2 nitrogen and oxygen atoms in total. The SMILES string of the molecule is CC1CCN(CC2CN(Cc3ccccc3)CC2c2ccccc2)CC1. The largest absolute Gasteiger partial charge is 0.303 e. The topological polar surface area (TPSA) is 6.48 Å². The quantitative estimate of drug-likeness (QED) is 0.777. The van der Waals surface area contributed by atoms with Gasteiger partial charge in [0, 0.05) is 32.1 Å². The fraction of sp³-hybridized carbons (Fsp3) is 0.500. The highest BCUT2D eigenvalue weighted by molar-refractivity contribution is 5.23. The molecule has 138 valence electrons. The van der Waals surface area contributed by atoms with Crippen LogP contribution in [0.2, 0.25) is 0 Å². The van der Waals surface area contributed by atoms with E-state index in [0.717, 1.165) is 18.4 Å². The van der Waals surface area contributed by atoms with Crippen molar-refractivity contribution >= 4 is 0 Å². The summed E-state index contributed by atoms with van der Waals surface area (Å²) < 4.78 is 0. The molecule has 2 unspecified atom stereocenters. The number of likely N-dealkylation sites (tertiary alicyclic amines) is 2. The molecule has 0 radical (unpaired) electrons. The maximum atomic E-state index is 2.73. The van der Waals surface area contributed by atoms with Gasteiger partial charge in [-0.3, -0.25) is 4.90 Å². The van der Waals surface area contributed by atoms with Crippen molar-refractivity contribution in [2.24, 2.45) is 11.8 Å². The summed E-state index contributed by atoms with van der Waals surface area (Å²) in [6.07, 6.45) is 2.74. The van der Waals surface area contributed by atoms with E-state index < -0.39 is 0 Å². The summed E-state index contributed by atoms with van der Waals surface area (Å²) in [6.45, 7) is 9.74. The zero-order valence-corrected chi connectivity index (χ0v) is 16.1. The molecule has 0 bridgehead atoms. The minimum absolute atomic E-state index is 0.666. The molecular weight excluding hydrogens is 316 g/mol. The van der Waals surface area contributed by atoms with E-state index >= 15 is 0 Å². The Balaban J connectivity index is 1.46. The first-order valence-electron chi connectivity index (χ1n) is 10.3. The lowest BCUT2D eigenvalue weighted by Gasteiger charge is -2.33. The lowest BCUT2D eigenvalue weighted by atomic mass is 9.88. The lowest BCUT2D eigenvalue weighted by molar-refractivity contribution is 0.162. The van der Waals surface area contributed by atoms with Crippen LogP contribution in [0.3, 0.4) is 0 Å². The third-order valence-corrected chi connectivity index (χ3v) is 6.36. The first kappa shape index (κ1) is 17.8. The Bertz CT molecular complexity index is 661. The normalized spacial score (nSPS) is 25.6. The van der Waals surface area contributed by atoms with Crippen LogP contribution in [0.25, 0.3) is 0 Å². The van der Waals surface area contributed by atoms with Gasteiger partial charge in [-0.2, -0.15) is 0 Å². The Kier molecular flexibility index (Phi) is 5.72. The second-order valence-electron chi connectivity index (χ2n) is 8.44. The number of nitrogens with zero attached hydrogens (tertiary/aromatic N) is 2. The van der Waals surface area contributed by atoms with Gasteiger partial charge in [0.1, 0.15) is 0 Å². The Morgan fingerprint density at radius 3 is 2.15 bits per heavy atom.